The summed E-state index contributed by atoms with van der Waals surface area (Å²) in [5.74, 6) is 1.76. The smallest absolute Gasteiger partial charge is 0.165 e. The summed E-state index contributed by atoms with van der Waals surface area (Å²) in [5, 5.41) is 15.1. The van der Waals surface area contributed by atoms with Crippen molar-refractivity contribution in [2.24, 2.45) is 0 Å². The van der Waals surface area contributed by atoms with Crippen molar-refractivity contribution < 1.29 is 4.74 Å². The normalized spacial score (nSPS) is 17.5. The summed E-state index contributed by atoms with van der Waals surface area (Å²) in [7, 11) is 0. The number of tetrazole rings is 1. The molecule has 0 amide bonds. The van der Waals surface area contributed by atoms with E-state index in [0.717, 1.165) is 23.7 Å². The number of fused-ring (bicyclic) bond motifs is 1. The molecular weight excluding hydrogens is 230 g/mol. The Kier molecular flexibility index (Phi) is 2.93. The van der Waals surface area contributed by atoms with Gasteiger partial charge in [0, 0.05) is 5.56 Å². The topological polar surface area (TPSA) is 64.9 Å². The largest absolute Gasteiger partial charge is 0.491 e. The number of hydrogen-bond acceptors (Lipinski definition) is 5. The molecule has 1 aliphatic rings. The molecule has 0 aliphatic carbocycles. The SMILES string of the molecule is CCNCc1nnnn1C1COc2ccccc21. The Morgan fingerprint density at radius 1 is 1.44 bits per heavy atom. The molecule has 0 bridgehead atoms. The van der Waals surface area contributed by atoms with Gasteiger partial charge in [0.05, 0.1) is 6.54 Å². The molecule has 0 spiro atoms. The molecule has 1 unspecified atom stereocenters. The fourth-order valence-electron chi connectivity index (χ4n) is 2.16. The molecule has 94 valence electrons. The molecule has 2 aromatic rings. The molecule has 1 atom stereocenters. The molecule has 1 aliphatic heterocycles. The monoisotopic (exact) mass is 245 g/mol. The molecule has 6 nitrogen and oxygen atoms in total. The zero-order valence-electron chi connectivity index (χ0n) is 10.2. The van der Waals surface area contributed by atoms with Crippen molar-refractivity contribution in [2.75, 3.05) is 13.2 Å². The Hall–Kier alpha value is -1.95. The first-order valence-corrected chi connectivity index (χ1v) is 6.09. The van der Waals surface area contributed by atoms with Gasteiger partial charge in [-0.15, -0.1) is 5.10 Å². The summed E-state index contributed by atoms with van der Waals surface area (Å²) >= 11 is 0. The van der Waals surface area contributed by atoms with Crippen LogP contribution in [0.4, 0.5) is 0 Å². The molecule has 6 heteroatoms. The Labute approximate surface area is 105 Å². The first-order valence-electron chi connectivity index (χ1n) is 6.09. The van der Waals surface area contributed by atoms with Gasteiger partial charge in [0.15, 0.2) is 5.82 Å². The van der Waals surface area contributed by atoms with Crippen LogP contribution in [0.25, 0.3) is 0 Å². The standard InChI is InChI=1S/C12H15N5O/c1-2-13-7-12-14-15-16-17(12)10-8-18-11-6-4-3-5-9(10)11/h3-6,10,13H,2,7-8H2,1H3. The Morgan fingerprint density at radius 2 is 2.33 bits per heavy atom. The van der Waals surface area contributed by atoms with E-state index in [-0.39, 0.29) is 6.04 Å². The van der Waals surface area contributed by atoms with Gasteiger partial charge in [0.2, 0.25) is 0 Å². The quantitative estimate of drug-likeness (QED) is 0.861. The van der Waals surface area contributed by atoms with Gasteiger partial charge in [-0.05, 0) is 23.0 Å². The summed E-state index contributed by atoms with van der Waals surface area (Å²) in [6.07, 6.45) is 0. The zero-order valence-corrected chi connectivity index (χ0v) is 10.2. The fourth-order valence-corrected chi connectivity index (χ4v) is 2.16. The van der Waals surface area contributed by atoms with Gasteiger partial charge in [-0.2, -0.15) is 0 Å². The molecule has 1 aromatic heterocycles. The van der Waals surface area contributed by atoms with Crippen molar-refractivity contribution in [1.29, 1.82) is 0 Å². The number of hydrogen-bond donors (Lipinski definition) is 1. The summed E-state index contributed by atoms with van der Waals surface area (Å²) in [6, 6.07) is 8.09. The lowest BCUT2D eigenvalue weighted by atomic mass is 10.1. The van der Waals surface area contributed by atoms with Crippen LogP contribution in [0.5, 0.6) is 5.75 Å². The highest BCUT2D eigenvalue weighted by Crippen LogP contribution is 2.34. The van der Waals surface area contributed by atoms with E-state index < -0.39 is 0 Å². The predicted octanol–water partition coefficient (Wildman–Crippen LogP) is 0.764. The fraction of sp³-hybridized carbons (Fsp3) is 0.417. The number of benzene rings is 1. The van der Waals surface area contributed by atoms with Crippen LogP contribution in [0.1, 0.15) is 24.4 Å². The van der Waals surface area contributed by atoms with Gasteiger partial charge in [-0.3, -0.25) is 0 Å². The lowest BCUT2D eigenvalue weighted by Crippen LogP contribution is -2.21. The first-order chi connectivity index (χ1) is 8.90. The minimum Gasteiger partial charge on any atom is -0.491 e. The molecule has 3 rings (SSSR count). The van der Waals surface area contributed by atoms with E-state index in [4.69, 9.17) is 4.74 Å². The maximum Gasteiger partial charge on any atom is 0.165 e. The van der Waals surface area contributed by atoms with Crippen LogP contribution < -0.4 is 10.1 Å². The minimum atomic E-state index is 0.0739. The first kappa shape index (κ1) is 11.2. The third-order valence-electron chi connectivity index (χ3n) is 3.06. The summed E-state index contributed by atoms with van der Waals surface area (Å²) in [4.78, 5) is 0. The molecular formula is C12H15N5O. The molecule has 18 heavy (non-hydrogen) atoms. The van der Waals surface area contributed by atoms with Gasteiger partial charge in [-0.25, -0.2) is 4.68 Å². The van der Waals surface area contributed by atoms with Crippen molar-refractivity contribution >= 4 is 0 Å². The van der Waals surface area contributed by atoms with E-state index in [9.17, 15) is 0 Å². The van der Waals surface area contributed by atoms with E-state index in [1.807, 2.05) is 22.9 Å². The molecule has 0 saturated heterocycles. The minimum absolute atomic E-state index is 0.0739. The van der Waals surface area contributed by atoms with Crippen LogP contribution in [-0.2, 0) is 6.54 Å². The van der Waals surface area contributed by atoms with Crippen LogP contribution in [0.3, 0.4) is 0 Å². The number of rotatable bonds is 4. The van der Waals surface area contributed by atoms with Crippen LogP contribution in [0.15, 0.2) is 24.3 Å². The van der Waals surface area contributed by atoms with E-state index in [1.165, 1.54) is 0 Å². The zero-order chi connectivity index (χ0) is 12.4. The average molecular weight is 245 g/mol. The molecule has 0 fully saturated rings. The van der Waals surface area contributed by atoms with Crippen molar-refractivity contribution in [1.82, 2.24) is 25.5 Å². The second-order valence-corrected chi connectivity index (χ2v) is 4.18. The number of nitrogens with zero attached hydrogens (tertiary/aromatic N) is 4. The van der Waals surface area contributed by atoms with Crippen molar-refractivity contribution in [2.45, 2.75) is 19.5 Å². The Bertz CT molecular complexity index is 539. The highest BCUT2D eigenvalue weighted by Gasteiger charge is 2.28. The highest BCUT2D eigenvalue weighted by atomic mass is 16.5. The third-order valence-corrected chi connectivity index (χ3v) is 3.06. The molecule has 0 radical (unpaired) electrons. The summed E-state index contributed by atoms with van der Waals surface area (Å²) < 4.78 is 7.50. The van der Waals surface area contributed by atoms with Gasteiger partial charge in [0.25, 0.3) is 0 Å². The van der Waals surface area contributed by atoms with E-state index >= 15 is 0 Å². The second kappa shape index (κ2) is 4.73. The van der Waals surface area contributed by atoms with Crippen molar-refractivity contribution in [3.63, 3.8) is 0 Å². The van der Waals surface area contributed by atoms with Gasteiger partial charge in [-0.1, -0.05) is 25.1 Å². The van der Waals surface area contributed by atoms with E-state index in [2.05, 4.69) is 33.8 Å². The maximum absolute atomic E-state index is 5.66. The van der Waals surface area contributed by atoms with Crippen molar-refractivity contribution in [3.05, 3.63) is 35.7 Å². The Balaban J connectivity index is 1.90. The number of ether oxygens (including phenoxy) is 1. The van der Waals surface area contributed by atoms with Crippen molar-refractivity contribution in [3.8, 4) is 5.75 Å². The average Bonchev–Trinajstić information content (AvgIpc) is 3.02. The van der Waals surface area contributed by atoms with Crippen LogP contribution in [-0.4, -0.2) is 33.4 Å². The summed E-state index contributed by atoms with van der Waals surface area (Å²) in [5.41, 5.74) is 1.14. The number of nitrogens with one attached hydrogen (secondary N) is 1. The molecule has 1 N–H and O–H groups in total. The molecule has 0 saturated carbocycles. The number of aromatic nitrogens is 4. The van der Waals surface area contributed by atoms with Crippen LogP contribution >= 0.6 is 0 Å². The van der Waals surface area contributed by atoms with E-state index in [1.54, 1.807) is 0 Å². The van der Waals surface area contributed by atoms with Crippen LogP contribution in [0, 0.1) is 0 Å². The van der Waals surface area contributed by atoms with Gasteiger partial charge < -0.3 is 10.1 Å². The predicted molar refractivity (Wildman–Crippen MR) is 65.3 cm³/mol. The Morgan fingerprint density at radius 3 is 3.22 bits per heavy atom. The highest BCUT2D eigenvalue weighted by molar-refractivity contribution is 5.39. The maximum atomic E-state index is 5.66. The van der Waals surface area contributed by atoms with Gasteiger partial charge >= 0.3 is 0 Å². The second-order valence-electron chi connectivity index (χ2n) is 4.18. The molecule has 1 aromatic carbocycles. The van der Waals surface area contributed by atoms with Crippen LogP contribution in [0.2, 0.25) is 0 Å². The third kappa shape index (κ3) is 1.84. The lowest BCUT2D eigenvalue weighted by Gasteiger charge is -2.11. The molecule has 2 heterocycles. The summed E-state index contributed by atoms with van der Waals surface area (Å²) in [6.45, 7) is 4.21. The van der Waals surface area contributed by atoms with Gasteiger partial charge in [0.1, 0.15) is 18.4 Å². The lowest BCUT2D eigenvalue weighted by molar-refractivity contribution is 0.302. The van der Waals surface area contributed by atoms with E-state index in [0.29, 0.717) is 13.2 Å². The number of para-hydroxylation sites is 1.